The van der Waals surface area contributed by atoms with E-state index >= 15 is 0 Å². The van der Waals surface area contributed by atoms with Crippen molar-refractivity contribution in [2.45, 2.75) is 0 Å². The van der Waals surface area contributed by atoms with Crippen LogP contribution >= 0.6 is 0 Å². The quantitative estimate of drug-likeness (QED) is 0.691. The Labute approximate surface area is 169 Å². The van der Waals surface area contributed by atoms with E-state index in [4.69, 9.17) is 10.5 Å². The fraction of sp³-hybridized carbons (Fsp3) is 0.0800. The first kappa shape index (κ1) is 19.4. The Morgan fingerprint density at radius 2 is 1.10 bits per heavy atom. The second-order valence-electron chi connectivity index (χ2n) is 6.68. The molecule has 0 unspecified atom stereocenters. The van der Waals surface area contributed by atoms with Gasteiger partial charge >= 0.3 is 0 Å². The summed E-state index contributed by atoms with van der Waals surface area (Å²) in [5, 5.41) is 31.0. The molecule has 0 atom stereocenters. The average Bonchev–Trinajstić information content (AvgIpc) is 2.76. The summed E-state index contributed by atoms with van der Waals surface area (Å²) in [6.45, 7) is 0. The van der Waals surface area contributed by atoms with Gasteiger partial charge in [-0.15, -0.1) is 0 Å². The van der Waals surface area contributed by atoms with E-state index in [0.717, 1.165) is 26.9 Å². The SMILES string of the molecule is CN(C)c1ccc(C(C#N)=c2ccc(=c3ccc(=C(C#N)C#N)cc3)cc2)cc1. The van der Waals surface area contributed by atoms with Crippen molar-refractivity contribution in [3.8, 4) is 18.2 Å². The van der Waals surface area contributed by atoms with Crippen LogP contribution < -0.4 is 15.3 Å². The molecular formula is C25H18N4. The molecule has 4 heteroatoms. The van der Waals surface area contributed by atoms with Crippen LogP contribution in [0.5, 0.6) is 0 Å². The number of nitriles is 3. The molecule has 0 radical (unpaired) electrons. The third kappa shape index (κ3) is 4.16. The molecule has 3 rings (SSSR count). The van der Waals surface area contributed by atoms with Crippen LogP contribution in [-0.2, 0) is 0 Å². The van der Waals surface area contributed by atoms with E-state index in [2.05, 4.69) is 6.07 Å². The lowest BCUT2D eigenvalue weighted by molar-refractivity contribution is 1.13. The first-order chi connectivity index (χ1) is 14.1. The Morgan fingerprint density at radius 3 is 1.52 bits per heavy atom. The molecule has 0 aliphatic heterocycles. The number of anilines is 1. The highest BCUT2D eigenvalue weighted by Crippen LogP contribution is 2.16. The molecule has 3 aromatic rings. The van der Waals surface area contributed by atoms with Gasteiger partial charge in [0.05, 0.1) is 5.57 Å². The Balaban J connectivity index is 2.10. The van der Waals surface area contributed by atoms with Gasteiger partial charge in [-0.05, 0) is 33.4 Å². The maximum Gasteiger partial charge on any atom is 0.136 e. The minimum absolute atomic E-state index is 0.0976. The van der Waals surface area contributed by atoms with Crippen LogP contribution in [-0.4, -0.2) is 14.1 Å². The van der Waals surface area contributed by atoms with E-state index in [1.165, 1.54) is 0 Å². The van der Waals surface area contributed by atoms with Crippen LogP contribution in [0.4, 0.5) is 5.69 Å². The smallest absolute Gasteiger partial charge is 0.136 e. The van der Waals surface area contributed by atoms with Gasteiger partial charge in [0.2, 0.25) is 0 Å². The van der Waals surface area contributed by atoms with Gasteiger partial charge in [0.1, 0.15) is 23.8 Å². The Hall–Kier alpha value is -4.33. The van der Waals surface area contributed by atoms with Crippen molar-refractivity contribution < 1.29 is 0 Å². The summed E-state index contributed by atoms with van der Waals surface area (Å²) < 4.78 is 0. The van der Waals surface area contributed by atoms with Gasteiger partial charge in [0.25, 0.3) is 0 Å². The zero-order valence-corrected chi connectivity index (χ0v) is 16.2. The fourth-order valence-electron chi connectivity index (χ4n) is 3.03. The second kappa shape index (κ2) is 8.57. The minimum Gasteiger partial charge on any atom is -0.378 e. The van der Waals surface area contributed by atoms with Crippen LogP contribution in [0.15, 0.2) is 72.8 Å². The van der Waals surface area contributed by atoms with Crippen LogP contribution in [0.2, 0.25) is 0 Å². The molecule has 0 fully saturated rings. The molecule has 0 heterocycles. The second-order valence-corrected chi connectivity index (χ2v) is 6.68. The topological polar surface area (TPSA) is 74.6 Å². The molecule has 0 saturated heterocycles. The van der Waals surface area contributed by atoms with E-state index in [0.29, 0.717) is 10.8 Å². The number of hydrogen-bond donors (Lipinski definition) is 0. The summed E-state index contributed by atoms with van der Waals surface area (Å²) in [6, 6.07) is 29.1. The summed E-state index contributed by atoms with van der Waals surface area (Å²) in [6.07, 6.45) is 0. The summed E-state index contributed by atoms with van der Waals surface area (Å²) in [5.41, 5.74) is 2.68. The van der Waals surface area contributed by atoms with Crippen molar-refractivity contribution in [2.24, 2.45) is 0 Å². The minimum atomic E-state index is 0.0976. The molecule has 0 amide bonds. The van der Waals surface area contributed by atoms with Crippen molar-refractivity contribution >= 4 is 16.8 Å². The van der Waals surface area contributed by atoms with E-state index < -0.39 is 0 Å². The third-order valence-corrected chi connectivity index (χ3v) is 4.69. The lowest BCUT2D eigenvalue weighted by Gasteiger charge is -2.12. The summed E-state index contributed by atoms with van der Waals surface area (Å²) in [4.78, 5) is 2.02. The van der Waals surface area contributed by atoms with Crippen molar-refractivity contribution in [1.82, 2.24) is 0 Å². The zero-order chi connectivity index (χ0) is 20.8. The molecule has 0 bridgehead atoms. The predicted molar refractivity (Wildman–Crippen MR) is 113 cm³/mol. The van der Waals surface area contributed by atoms with Gasteiger partial charge in [-0.25, -0.2) is 0 Å². The monoisotopic (exact) mass is 374 g/mol. The van der Waals surface area contributed by atoms with E-state index in [1.54, 1.807) is 12.1 Å². The summed E-state index contributed by atoms with van der Waals surface area (Å²) >= 11 is 0. The number of hydrogen-bond acceptors (Lipinski definition) is 4. The van der Waals surface area contributed by atoms with Crippen molar-refractivity contribution in [2.75, 3.05) is 19.0 Å². The maximum absolute atomic E-state index is 9.67. The zero-order valence-electron chi connectivity index (χ0n) is 16.2. The Bertz CT molecular complexity index is 1330. The van der Waals surface area contributed by atoms with Crippen molar-refractivity contribution in [3.05, 3.63) is 99.2 Å². The van der Waals surface area contributed by atoms with Crippen molar-refractivity contribution in [3.63, 3.8) is 0 Å². The number of nitrogens with zero attached hydrogens (tertiary/aromatic N) is 4. The molecule has 4 nitrogen and oxygen atoms in total. The standard InChI is InChI=1S/C25H18N4/c1-29(2)24-13-11-22(12-14-24)25(17-28)21-9-7-19(8-10-21)18-3-5-20(6-4-18)23(15-26)16-27/h3-14H,1-2H3. The first-order valence-electron chi connectivity index (χ1n) is 9.00. The summed E-state index contributed by atoms with van der Waals surface area (Å²) in [7, 11) is 3.96. The number of benzene rings is 3. The average molecular weight is 374 g/mol. The molecular weight excluding hydrogens is 356 g/mol. The molecule has 0 aromatic heterocycles. The third-order valence-electron chi connectivity index (χ3n) is 4.69. The fourth-order valence-corrected chi connectivity index (χ4v) is 3.03. The maximum atomic E-state index is 9.67. The molecule has 3 aromatic carbocycles. The molecule has 0 N–H and O–H groups in total. The van der Waals surface area contributed by atoms with Gasteiger partial charge in [-0.2, -0.15) is 15.8 Å². The van der Waals surface area contributed by atoms with Gasteiger partial charge in [-0.3, -0.25) is 0 Å². The van der Waals surface area contributed by atoms with Crippen LogP contribution in [0.1, 0.15) is 5.56 Å². The highest BCUT2D eigenvalue weighted by atomic mass is 15.1. The number of rotatable bonds is 2. The van der Waals surface area contributed by atoms with E-state index in [9.17, 15) is 5.26 Å². The molecule has 0 aliphatic rings. The molecule has 0 aliphatic carbocycles. The van der Waals surface area contributed by atoms with E-state index in [-0.39, 0.29) is 5.57 Å². The molecule has 0 saturated carbocycles. The largest absolute Gasteiger partial charge is 0.378 e. The highest BCUT2D eigenvalue weighted by Gasteiger charge is 2.03. The molecule has 0 spiro atoms. The van der Waals surface area contributed by atoms with Gasteiger partial charge < -0.3 is 4.90 Å². The van der Waals surface area contributed by atoms with Crippen LogP contribution in [0, 0.1) is 44.4 Å². The Morgan fingerprint density at radius 1 is 0.621 bits per heavy atom. The molecule has 138 valence electrons. The normalized spacial score (nSPS) is 9.62. The predicted octanol–water partition coefficient (Wildman–Crippen LogP) is 2.96. The van der Waals surface area contributed by atoms with E-state index in [1.807, 2.05) is 91.8 Å². The first-order valence-corrected chi connectivity index (χ1v) is 9.00. The van der Waals surface area contributed by atoms with Gasteiger partial charge in [0, 0.05) is 25.0 Å². The lowest BCUT2D eigenvalue weighted by atomic mass is 10.0. The highest BCUT2D eigenvalue weighted by molar-refractivity contribution is 5.77. The summed E-state index contributed by atoms with van der Waals surface area (Å²) in [5.74, 6) is 0. The van der Waals surface area contributed by atoms with Gasteiger partial charge in [-0.1, -0.05) is 60.7 Å². The molecule has 29 heavy (non-hydrogen) atoms. The van der Waals surface area contributed by atoms with Crippen LogP contribution in [0.25, 0.3) is 11.1 Å². The lowest BCUT2D eigenvalue weighted by Crippen LogP contribution is -2.09. The Kier molecular flexibility index (Phi) is 5.74. The van der Waals surface area contributed by atoms with Crippen molar-refractivity contribution in [1.29, 1.82) is 15.8 Å². The van der Waals surface area contributed by atoms with Crippen LogP contribution in [0.3, 0.4) is 0 Å². The van der Waals surface area contributed by atoms with Gasteiger partial charge in [0.15, 0.2) is 0 Å².